The number of nitrogens with zero attached hydrogens (tertiary/aromatic N) is 2. The van der Waals surface area contributed by atoms with Gasteiger partial charge in [0, 0.05) is 17.3 Å². The number of thiazole rings is 1. The van der Waals surface area contributed by atoms with Crippen molar-refractivity contribution in [1.29, 1.82) is 0 Å². The summed E-state index contributed by atoms with van der Waals surface area (Å²) in [5.41, 5.74) is 1.86. The zero-order valence-corrected chi connectivity index (χ0v) is 12.9. The standard InChI is InChI=1S/C13H11Cl2N3OS/c1-19-12-11(18-4-5-20-13(18)17-12)7-16-8-2-3-9(14)10(15)6-8/h2-6,16H,7H2,1H3. The van der Waals surface area contributed by atoms with Gasteiger partial charge in [0.2, 0.25) is 5.88 Å². The number of fused-ring (bicyclic) bond motifs is 1. The molecule has 0 saturated heterocycles. The van der Waals surface area contributed by atoms with Crippen LogP contribution in [0.2, 0.25) is 10.0 Å². The van der Waals surface area contributed by atoms with Crippen LogP contribution in [0.25, 0.3) is 4.96 Å². The van der Waals surface area contributed by atoms with Gasteiger partial charge in [0.25, 0.3) is 0 Å². The highest BCUT2D eigenvalue weighted by atomic mass is 35.5. The molecule has 0 radical (unpaired) electrons. The van der Waals surface area contributed by atoms with E-state index in [0.717, 1.165) is 16.3 Å². The van der Waals surface area contributed by atoms with Crippen molar-refractivity contribution in [2.75, 3.05) is 12.4 Å². The van der Waals surface area contributed by atoms with Gasteiger partial charge in [-0.15, -0.1) is 11.3 Å². The summed E-state index contributed by atoms with van der Waals surface area (Å²) in [6.45, 7) is 0.582. The monoisotopic (exact) mass is 327 g/mol. The lowest BCUT2D eigenvalue weighted by molar-refractivity contribution is 0.395. The zero-order valence-electron chi connectivity index (χ0n) is 10.6. The Hall–Kier alpha value is -1.43. The number of ether oxygens (including phenoxy) is 1. The highest BCUT2D eigenvalue weighted by Crippen LogP contribution is 2.27. The summed E-state index contributed by atoms with van der Waals surface area (Å²) in [4.78, 5) is 5.32. The summed E-state index contributed by atoms with van der Waals surface area (Å²) in [7, 11) is 1.62. The molecule has 0 amide bonds. The van der Waals surface area contributed by atoms with Gasteiger partial charge in [-0.3, -0.25) is 4.40 Å². The number of imidazole rings is 1. The average Bonchev–Trinajstić information content (AvgIpc) is 3.00. The van der Waals surface area contributed by atoms with Crippen molar-refractivity contribution in [1.82, 2.24) is 9.38 Å². The number of nitrogens with one attached hydrogen (secondary N) is 1. The molecule has 0 atom stereocenters. The molecule has 7 heteroatoms. The van der Waals surface area contributed by atoms with E-state index in [9.17, 15) is 0 Å². The van der Waals surface area contributed by atoms with Gasteiger partial charge >= 0.3 is 0 Å². The molecule has 3 rings (SSSR count). The molecule has 2 aromatic heterocycles. The minimum absolute atomic E-state index is 0.526. The van der Waals surface area contributed by atoms with Crippen LogP contribution in [0.1, 0.15) is 5.69 Å². The smallest absolute Gasteiger partial charge is 0.238 e. The van der Waals surface area contributed by atoms with Crippen molar-refractivity contribution in [2.24, 2.45) is 0 Å². The Kier molecular flexibility index (Phi) is 3.74. The highest BCUT2D eigenvalue weighted by molar-refractivity contribution is 7.15. The number of rotatable bonds is 4. The van der Waals surface area contributed by atoms with E-state index in [2.05, 4.69) is 10.3 Å². The Balaban J connectivity index is 1.85. The lowest BCUT2D eigenvalue weighted by Gasteiger charge is -2.08. The van der Waals surface area contributed by atoms with E-state index in [4.69, 9.17) is 27.9 Å². The lowest BCUT2D eigenvalue weighted by Crippen LogP contribution is -2.03. The highest BCUT2D eigenvalue weighted by Gasteiger charge is 2.13. The van der Waals surface area contributed by atoms with Gasteiger partial charge in [-0.1, -0.05) is 23.2 Å². The SMILES string of the molecule is COc1nc2sccn2c1CNc1ccc(Cl)c(Cl)c1. The Morgan fingerprint density at radius 3 is 2.95 bits per heavy atom. The Morgan fingerprint density at radius 1 is 1.35 bits per heavy atom. The molecule has 0 aliphatic rings. The van der Waals surface area contributed by atoms with Gasteiger partial charge in [-0.05, 0) is 18.2 Å². The second-order valence-corrected chi connectivity index (χ2v) is 5.79. The summed E-state index contributed by atoms with van der Waals surface area (Å²) >= 11 is 13.5. The van der Waals surface area contributed by atoms with Crippen LogP contribution in [0.3, 0.4) is 0 Å². The maximum atomic E-state index is 6.00. The van der Waals surface area contributed by atoms with Crippen molar-refractivity contribution < 1.29 is 4.74 Å². The van der Waals surface area contributed by atoms with E-state index < -0.39 is 0 Å². The molecule has 1 N–H and O–H groups in total. The van der Waals surface area contributed by atoms with Crippen molar-refractivity contribution in [3.05, 3.63) is 45.5 Å². The summed E-state index contributed by atoms with van der Waals surface area (Å²) < 4.78 is 7.32. The summed E-state index contributed by atoms with van der Waals surface area (Å²) in [5, 5.41) is 6.35. The van der Waals surface area contributed by atoms with Crippen molar-refractivity contribution in [2.45, 2.75) is 6.54 Å². The van der Waals surface area contributed by atoms with E-state index in [0.29, 0.717) is 22.5 Å². The molecule has 2 heterocycles. The maximum Gasteiger partial charge on any atom is 0.238 e. The van der Waals surface area contributed by atoms with Crippen LogP contribution in [0, 0.1) is 0 Å². The van der Waals surface area contributed by atoms with Gasteiger partial charge in [0.1, 0.15) is 5.69 Å². The van der Waals surface area contributed by atoms with Crippen molar-refractivity contribution >= 4 is 45.2 Å². The van der Waals surface area contributed by atoms with Crippen molar-refractivity contribution in [3.8, 4) is 5.88 Å². The van der Waals surface area contributed by atoms with Crippen LogP contribution in [-0.2, 0) is 6.54 Å². The topological polar surface area (TPSA) is 38.6 Å². The van der Waals surface area contributed by atoms with Crippen LogP contribution in [0.5, 0.6) is 5.88 Å². The molecule has 20 heavy (non-hydrogen) atoms. The molecule has 0 aliphatic carbocycles. The van der Waals surface area contributed by atoms with E-state index in [1.54, 1.807) is 30.6 Å². The molecule has 0 unspecified atom stereocenters. The molecule has 104 valence electrons. The fraction of sp³-hybridized carbons (Fsp3) is 0.154. The molecule has 1 aromatic carbocycles. The predicted octanol–water partition coefficient (Wildman–Crippen LogP) is 4.32. The minimum Gasteiger partial charge on any atom is -0.480 e. The van der Waals surface area contributed by atoms with Gasteiger partial charge in [0.15, 0.2) is 4.96 Å². The number of hydrogen-bond donors (Lipinski definition) is 1. The second-order valence-electron chi connectivity index (χ2n) is 4.11. The quantitative estimate of drug-likeness (QED) is 0.775. The van der Waals surface area contributed by atoms with Crippen LogP contribution in [-0.4, -0.2) is 16.5 Å². The number of anilines is 1. The van der Waals surface area contributed by atoms with E-state index in [-0.39, 0.29) is 0 Å². The first-order chi connectivity index (χ1) is 9.69. The van der Waals surface area contributed by atoms with Crippen LogP contribution in [0.15, 0.2) is 29.8 Å². The second kappa shape index (κ2) is 5.52. The van der Waals surface area contributed by atoms with Crippen LogP contribution >= 0.6 is 34.5 Å². The Bertz CT molecular complexity index is 753. The summed E-state index contributed by atoms with van der Waals surface area (Å²) in [5.74, 6) is 0.629. The third-order valence-electron chi connectivity index (χ3n) is 2.90. The molecule has 0 aliphatic heterocycles. The van der Waals surface area contributed by atoms with Gasteiger partial charge in [-0.25, -0.2) is 0 Å². The third-order valence-corrected chi connectivity index (χ3v) is 4.39. The van der Waals surface area contributed by atoms with Crippen LogP contribution in [0.4, 0.5) is 5.69 Å². The predicted molar refractivity (Wildman–Crippen MR) is 83.4 cm³/mol. The number of hydrogen-bond acceptors (Lipinski definition) is 4. The Labute approximate surface area is 129 Å². The lowest BCUT2D eigenvalue weighted by atomic mass is 10.3. The Morgan fingerprint density at radius 2 is 2.20 bits per heavy atom. The van der Waals surface area contributed by atoms with Gasteiger partial charge < -0.3 is 10.1 Å². The number of benzene rings is 1. The molecular formula is C13H11Cl2N3OS. The molecule has 3 aromatic rings. The van der Waals surface area contributed by atoms with E-state index >= 15 is 0 Å². The molecule has 0 spiro atoms. The summed E-state index contributed by atoms with van der Waals surface area (Å²) in [6, 6.07) is 5.44. The van der Waals surface area contributed by atoms with Gasteiger partial charge in [0.05, 0.1) is 23.7 Å². The number of aromatic nitrogens is 2. The minimum atomic E-state index is 0.526. The molecule has 0 bridgehead atoms. The zero-order chi connectivity index (χ0) is 14.1. The molecule has 0 saturated carbocycles. The van der Waals surface area contributed by atoms with Crippen molar-refractivity contribution in [3.63, 3.8) is 0 Å². The van der Waals surface area contributed by atoms with Crippen LogP contribution < -0.4 is 10.1 Å². The average molecular weight is 328 g/mol. The fourth-order valence-electron chi connectivity index (χ4n) is 1.93. The molecule has 0 fully saturated rings. The third kappa shape index (κ3) is 2.44. The van der Waals surface area contributed by atoms with E-state index in [1.807, 2.05) is 22.0 Å². The maximum absolute atomic E-state index is 6.00. The molecular weight excluding hydrogens is 317 g/mol. The number of halogens is 2. The number of methoxy groups -OCH3 is 1. The first-order valence-corrected chi connectivity index (χ1v) is 7.50. The fourth-order valence-corrected chi connectivity index (χ4v) is 2.95. The van der Waals surface area contributed by atoms with Gasteiger partial charge in [-0.2, -0.15) is 4.98 Å². The first kappa shape index (κ1) is 13.5. The normalized spacial score (nSPS) is 10.9. The van der Waals surface area contributed by atoms with E-state index in [1.165, 1.54) is 0 Å². The first-order valence-electron chi connectivity index (χ1n) is 5.86. The molecule has 4 nitrogen and oxygen atoms in total. The summed E-state index contributed by atoms with van der Waals surface area (Å²) in [6.07, 6.45) is 1.97. The largest absolute Gasteiger partial charge is 0.480 e.